The van der Waals surface area contributed by atoms with Crippen molar-refractivity contribution in [1.82, 2.24) is 0 Å². The van der Waals surface area contributed by atoms with E-state index in [4.69, 9.17) is 5.73 Å². The molecular formula is C10H13BrN2. The van der Waals surface area contributed by atoms with Gasteiger partial charge in [0.05, 0.1) is 11.4 Å². The predicted octanol–water partition coefficient (Wildman–Crippen LogP) is 2.63. The molecule has 1 aromatic carbocycles. The second-order valence-electron chi connectivity index (χ2n) is 3.55. The number of rotatable bonds is 2. The topological polar surface area (TPSA) is 29.3 Å². The fourth-order valence-electron chi connectivity index (χ4n) is 1.51. The zero-order chi connectivity index (χ0) is 9.42. The number of hydrogen-bond acceptors (Lipinski definition) is 2. The Bertz CT molecular complexity index is 321. The van der Waals surface area contributed by atoms with Gasteiger partial charge in [-0.3, -0.25) is 0 Å². The molecule has 0 saturated heterocycles. The molecular weight excluding hydrogens is 228 g/mol. The van der Waals surface area contributed by atoms with Gasteiger partial charge in [-0.1, -0.05) is 15.9 Å². The van der Waals surface area contributed by atoms with Crippen LogP contribution in [0, 0.1) is 0 Å². The van der Waals surface area contributed by atoms with Crippen LogP contribution in [0.4, 0.5) is 11.4 Å². The van der Waals surface area contributed by atoms with Crippen molar-refractivity contribution in [1.29, 1.82) is 0 Å². The fourth-order valence-corrected chi connectivity index (χ4v) is 1.88. The van der Waals surface area contributed by atoms with E-state index in [1.807, 2.05) is 12.1 Å². The second kappa shape index (κ2) is 3.22. The minimum absolute atomic E-state index is 0.712. The van der Waals surface area contributed by atoms with Gasteiger partial charge >= 0.3 is 0 Å². The average Bonchev–Trinajstić information content (AvgIpc) is 2.85. The van der Waals surface area contributed by atoms with E-state index < -0.39 is 0 Å². The van der Waals surface area contributed by atoms with Crippen LogP contribution >= 0.6 is 15.9 Å². The SMILES string of the molecule is CN(c1ccc(Br)cc1N)C1CC1. The summed E-state index contributed by atoms with van der Waals surface area (Å²) >= 11 is 3.40. The van der Waals surface area contributed by atoms with Crippen LogP contribution in [0.3, 0.4) is 0 Å². The van der Waals surface area contributed by atoms with Crippen LogP contribution in [-0.4, -0.2) is 13.1 Å². The zero-order valence-corrected chi connectivity index (χ0v) is 9.21. The van der Waals surface area contributed by atoms with E-state index in [9.17, 15) is 0 Å². The van der Waals surface area contributed by atoms with Gasteiger partial charge in [-0.25, -0.2) is 0 Å². The largest absolute Gasteiger partial charge is 0.397 e. The molecule has 1 aliphatic carbocycles. The molecule has 2 rings (SSSR count). The Balaban J connectivity index is 2.28. The van der Waals surface area contributed by atoms with Gasteiger partial charge in [-0.05, 0) is 31.0 Å². The van der Waals surface area contributed by atoms with Crippen molar-refractivity contribution in [3.05, 3.63) is 22.7 Å². The summed E-state index contributed by atoms with van der Waals surface area (Å²) in [4.78, 5) is 2.27. The highest BCUT2D eigenvalue weighted by Gasteiger charge is 2.27. The van der Waals surface area contributed by atoms with E-state index in [2.05, 4.69) is 33.9 Å². The molecule has 2 nitrogen and oxygen atoms in total. The molecule has 0 amide bonds. The molecule has 1 aromatic rings. The molecule has 0 atom stereocenters. The standard InChI is InChI=1S/C10H13BrN2/c1-13(8-3-4-8)10-5-2-7(11)6-9(10)12/h2,5-6,8H,3-4,12H2,1H3. The van der Waals surface area contributed by atoms with Crippen LogP contribution in [0.2, 0.25) is 0 Å². The Morgan fingerprint density at radius 1 is 1.46 bits per heavy atom. The lowest BCUT2D eigenvalue weighted by atomic mass is 10.2. The maximum Gasteiger partial charge on any atom is 0.0600 e. The normalized spacial score (nSPS) is 15.8. The molecule has 1 aliphatic rings. The first kappa shape index (κ1) is 8.88. The second-order valence-corrected chi connectivity index (χ2v) is 4.46. The Labute approximate surface area is 86.9 Å². The average molecular weight is 241 g/mol. The van der Waals surface area contributed by atoms with Crippen LogP contribution in [-0.2, 0) is 0 Å². The summed E-state index contributed by atoms with van der Waals surface area (Å²) < 4.78 is 1.04. The summed E-state index contributed by atoms with van der Waals surface area (Å²) in [6, 6.07) is 6.76. The Kier molecular flexibility index (Phi) is 2.20. The predicted molar refractivity (Wildman–Crippen MR) is 60.0 cm³/mol. The molecule has 0 radical (unpaired) electrons. The van der Waals surface area contributed by atoms with E-state index in [-0.39, 0.29) is 0 Å². The van der Waals surface area contributed by atoms with Crippen molar-refractivity contribution in [3.8, 4) is 0 Å². The summed E-state index contributed by atoms with van der Waals surface area (Å²) in [6.07, 6.45) is 2.60. The Hall–Kier alpha value is -0.700. The number of halogens is 1. The molecule has 0 aromatic heterocycles. The van der Waals surface area contributed by atoms with Crippen molar-refractivity contribution in [2.45, 2.75) is 18.9 Å². The monoisotopic (exact) mass is 240 g/mol. The number of nitrogen functional groups attached to an aromatic ring is 1. The van der Waals surface area contributed by atoms with Gasteiger partial charge in [0, 0.05) is 17.6 Å². The van der Waals surface area contributed by atoms with Crippen LogP contribution in [0.15, 0.2) is 22.7 Å². The van der Waals surface area contributed by atoms with Gasteiger partial charge in [0.15, 0.2) is 0 Å². The fraction of sp³-hybridized carbons (Fsp3) is 0.400. The van der Waals surface area contributed by atoms with Crippen LogP contribution in [0.1, 0.15) is 12.8 Å². The lowest BCUT2D eigenvalue weighted by Crippen LogP contribution is -2.20. The van der Waals surface area contributed by atoms with Crippen molar-refractivity contribution in [2.24, 2.45) is 0 Å². The Morgan fingerprint density at radius 3 is 2.69 bits per heavy atom. The highest BCUT2D eigenvalue weighted by Crippen LogP contribution is 2.34. The summed E-state index contributed by atoms with van der Waals surface area (Å²) in [5.41, 5.74) is 7.91. The maximum absolute atomic E-state index is 5.92. The van der Waals surface area contributed by atoms with E-state index in [1.165, 1.54) is 12.8 Å². The van der Waals surface area contributed by atoms with Gasteiger partial charge < -0.3 is 10.6 Å². The van der Waals surface area contributed by atoms with E-state index in [1.54, 1.807) is 0 Å². The molecule has 1 fully saturated rings. The summed E-state index contributed by atoms with van der Waals surface area (Å²) in [6.45, 7) is 0. The number of nitrogens with zero attached hydrogens (tertiary/aromatic N) is 1. The van der Waals surface area contributed by atoms with Crippen molar-refractivity contribution in [2.75, 3.05) is 17.7 Å². The van der Waals surface area contributed by atoms with Crippen molar-refractivity contribution < 1.29 is 0 Å². The van der Waals surface area contributed by atoms with Crippen LogP contribution in [0.25, 0.3) is 0 Å². The van der Waals surface area contributed by atoms with Crippen LogP contribution in [0.5, 0.6) is 0 Å². The number of benzene rings is 1. The lowest BCUT2D eigenvalue weighted by molar-refractivity contribution is 0.918. The molecule has 1 saturated carbocycles. The minimum atomic E-state index is 0.712. The highest BCUT2D eigenvalue weighted by molar-refractivity contribution is 9.10. The number of nitrogens with two attached hydrogens (primary N) is 1. The van der Waals surface area contributed by atoms with Crippen LogP contribution < -0.4 is 10.6 Å². The molecule has 13 heavy (non-hydrogen) atoms. The van der Waals surface area contributed by atoms with Gasteiger partial charge in [0.2, 0.25) is 0 Å². The molecule has 70 valence electrons. The third-order valence-electron chi connectivity index (χ3n) is 2.46. The summed E-state index contributed by atoms with van der Waals surface area (Å²) in [7, 11) is 2.11. The van der Waals surface area contributed by atoms with Gasteiger partial charge in [0.1, 0.15) is 0 Å². The summed E-state index contributed by atoms with van der Waals surface area (Å²) in [5, 5.41) is 0. The molecule has 0 spiro atoms. The molecule has 0 aliphatic heterocycles. The lowest BCUT2D eigenvalue weighted by Gasteiger charge is -2.20. The quantitative estimate of drug-likeness (QED) is 0.806. The maximum atomic E-state index is 5.92. The first-order chi connectivity index (χ1) is 6.18. The van der Waals surface area contributed by atoms with Crippen molar-refractivity contribution in [3.63, 3.8) is 0 Å². The Morgan fingerprint density at radius 2 is 2.15 bits per heavy atom. The van der Waals surface area contributed by atoms with Gasteiger partial charge in [-0.15, -0.1) is 0 Å². The van der Waals surface area contributed by atoms with E-state index in [0.717, 1.165) is 15.8 Å². The summed E-state index contributed by atoms with van der Waals surface area (Å²) in [5.74, 6) is 0. The smallest absolute Gasteiger partial charge is 0.0600 e. The molecule has 3 heteroatoms. The zero-order valence-electron chi connectivity index (χ0n) is 7.63. The molecule has 2 N–H and O–H groups in total. The van der Waals surface area contributed by atoms with Gasteiger partial charge in [-0.2, -0.15) is 0 Å². The highest BCUT2D eigenvalue weighted by atomic mass is 79.9. The molecule has 0 unspecified atom stereocenters. The third kappa shape index (κ3) is 1.80. The first-order valence-electron chi connectivity index (χ1n) is 4.46. The number of hydrogen-bond donors (Lipinski definition) is 1. The first-order valence-corrected chi connectivity index (χ1v) is 5.25. The third-order valence-corrected chi connectivity index (χ3v) is 2.96. The van der Waals surface area contributed by atoms with E-state index >= 15 is 0 Å². The molecule has 0 heterocycles. The minimum Gasteiger partial charge on any atom is -0.397 e. The number of anilines is 2. The van der Waals surface area contributed by atoms with Gasteiger partial charge in [0.25, 0.3) is 0 Å². The molecule has 0 bridgehead atoms. The van der Waals surface area contributed by atoms with E-state index in [0.29, 0.717) is 6.04 Å². The van der Waals surface area contributed by atoms with Crippen molar-refractivity contribution >= 4 is 27.3 Å².